The molecule has 1 saturated carbocycles. The molecule has 2 rings (SSSR count). The number of hydrogen-bond acceptors (Lipinski definition) is 4. The largest absolute Gasteiger partial charge is 0.377 e. The van der Waals surface area contributed by atoms with Crippen molar-refractivity contribution in [1.82, 2.24) is 10.2 Å². The Hall–Kier alpha value is -1.78. The average molecular weight is 333 g/mol. The number of primary amides is 1. The van der Waals surface area contributed by atoms with E-state index in [0.29, 0.717) is 30.1 Å². The van der Waals surface area contributed by atoms with Crippen molar-refractivity contribution < 1.29 is 9.59 Å². The Labute approximate surface area is 145 Å². The molecule has 3 N–H and O–H groups in total. The van der Waals surface area contributed by atoms with Gasteiger partial charge >= 0.3 is 0 Å². The van der Waals surface area contributed by atoms with Crippen LogP contribution in [0.15, 0.2) is 24.6 Å². The number of rotatable bonds is 9. The van der Waals surface area contributed by atoms with Crippen molar-refractivity contribution in [2.45, 2.75) is 52.6 Å². The summed E-state index contributed by atoms with van der Waals surface area (Å²) in [6.07, 6.45) is 1.53. The summed E-state index contributed by atoms with van der Waals surface area (Å²) < 4.78 is 0. The number of nitrogens with zero attached hydrogens (tertiary/aromatic N) is 1. The van der Waals surface area contributed by atoms with Crippen molar-refractivity contribution in [2.75, 3.05) is 6.54 Å². The molecule has 5 nitrogen and oxygen atoms in total. The third-order valence-corrected chi connectivity index (χ3v) is 5.85. The topological polar surface area (TPSA) is 75.4 Å². The highest BCUT2D eigenvalue weighted by Crippen LogP contribution is 2.57. The van der Waals surface area contributed by atoms with Crippen molar-refractivity contribution in [1.29, 1.82) is 0 Å². The van der Waals surface area contributed by atoms with Crippen molar-refractivity contribution >= 4 is 11.7 Å². The van der Waals surface area contributed by atoms with Crippen molar-refractivity contribution in [2.24, 2.45) is 29.4 Å². The number of nitrogens with two attached hydrogens (primary N) is 1. The fourth-order valence-corrected chi connectivity index (χ4v) is 4.03. The zero-order chi connectivity index (χ0) is 18.2. The van der Waals surface area contributed by atoms with Gasteiger partial charge in [-0.2, -0.15) is 0 Å². The van der Waals surface area contributed by atoms with Crippen molar-refractivity contribution in [3.63, 3.8) is 0 Å². The molecule has 1 aliphatic heterocycles. The first-order valence-electron chi connectivity index (χ1n) is 8.90. The summed E-state index contributed by atoms with van der Waals surface area (Å²) in [6, 6.07) is -0.451. The summed E-state index contributed by atoms with van der Waals surface area (Å²) in [5.74, 6) is 0.775. The standard InChI is InChI=1S/C19H31N3O2/c1-7-11(4)8-15(18(23)19(20)24)21-13(6)17-16-12(5)14(16)9-22(17)10(2)3/h11-12,14-17,21H,2,6-9H2,1,3-5H3,(H2,20,24)/t11?,12?,14-,15?,16+,17?/m1/s1. The minimum atomic E-state index is -0.885. The number of carbonyl (C=O) groups is 2. The second-order valence-electron chi connectivity index (χ2n) is 7.63. The molecule has 24 heavy (non-hydrogen) atoms. The van der Waals surface area contributed by atoms with E-state index in [9.17, 15) is 9.59 Å². The van der Waals surface area contributed by atoms with Gasteiger partial charge in [-0.3, -0.25) is 9.59 Å². The first kappa shape index (κ1) is 18.6. The highest BCUT2D eigenvalue weighted by atomic mass is 16.2. The number of carbonyl (C=O) groups excluding carboxylic acids is 2. The fourth-order valence-electron chi connectivity index (χ4n) is 4.03. The maximum atomic E-state index is 12.2. The molecule has 0 bridgehead atoms. The molecule has 4 unspecified atom stereocenters. The second kappa shape index (κ2) is 6.99. The van der Waals surface area contributed by atoms with E-state index in [1.165, 1.54) is 0 Å². The molecule has 0 radical (unpaired) electrons. The number of hydrogen-bond donors (Lipinski definition) is 2. The van der Waals surface area contributed by atoms with Gasteiger partial charge in [-0.15, -0.1) is 0 Å². The van der Waals surface area contributed by atoms with Crippen LogP contribution < -0.4 is 11.1 Å². The quantitative estimate of drug-likeness (QED) is 0.633. The fraction of sp³-hybridized carbons (Fsp3) is 0.684. The lowest BCUT2D eigenvalue weighted by molar-refractivity contribution is -0.137. The van der Waals surface area contributed by atoms with Crippen molar-refractivity contribution in [3.05, 3.63) is 24.6 Å². The van der Waals surface area contributed by atoms with E-state index in [-0.39, 0.29) is 6.04 Å². The molecule has 1 amide bonds. The Bertz CT molecular complexity index is 557. The molecule has 0 aromatic heterocycles. The SMILES string of the molecule is C=C(NC(CC(C)CC)C(=O)C(N)=O)C1[C@H]2C(C)[C@H]2CN1C(=C)C. The van der Waals surface area contributed by atoms with E-state index in [1.54, 1.807) is 0 Å². The molecule has 1 saturated heterocycles. The molecule has 6 atom stereocenters. The molecule has 1 aliphatic carbocycles. The van der Waals surface area contributed by atoms with Gasteiger partial charge in [0, 0.05) is 17.9 Å². The van der Waals surface area contributed by atoms with Crippen LogP contribution in [-0.2, 0) is 9.59 Å². The van der Waals surface area contributed by atoms with E-state index >= 15 is 0 Å². The van der Waals surface area contributed by atoms with Crippen LogP contribution in [0.5, 0.6) is 0 Å². The Morgan fingerprint density at radius 2 is 2.00 bits per heavy atom. The molecule has 134 valence electrons. The van der Waals surface area contributed by atoms with Crippen LogP contribution in [0.4, 0.5) is 0 Å². The third kappa shape index (κ3) is 3.50. The summed E-state index contributed by atoms with van der Waals surface area (Å²) in [4.78, 5) is 25.9. The molecule has 2 fully saturated rings. The number of fused-ring (bicyclic) bond motifs is 1. The van der Waals surface area contributed by atoms with E-state index in [4.69, 9.17) is 5.73 Å². The van der Waals surface area contributed by atoms with Gasteiger partial charge in [0.25, 0.3) is 5.91 Å². The van der Waals surface area contributed by atoms with Crippen LogP contribution in [0.25, 0.3) is 0 Å². The van der Waals surface area contributed by atoms with Crippen LogP contribution in [0, 0.1) is 23.7 Å². The van der Waals surface area contributed by atoms with E-state index in [2.05, 4.69) is 44.1 Å². The monoisotopic (exact) mass is 333 g/mol. The molecular weight excluding hydrogens is 302 g/mol. The normalized spacial score (nSPS) is 30.2. The molecule has 0 aromatic rings. The zero-order valence-corrected chi connectivity index (χ0v) is 15.3. The van der Waals surface area contributed by atoms with Gasteiger partial charge < -0.3 is 16.0 Å². The summed E-state index contributed by atoms with van der Waals surface area (Å²) in [5.41, 5.74) is 7.05. The number of allylic oxidation sites excluding steroid dienone is 1. The molecule has 0 aromatic carbocycles. The zero-order valence-electron chi connectivity index (χ0n) is 15.3. The van der Waals surface area contributed by atoms with E-state index < -0.39 is 17.7 Å². The first-order valence-corrected chi connectivity index (χ1v) is 8.90. The Balaban J connectivity index is 2.12. The molecule has 2 aliphatic rings. The number of nitrogens with one attached hydrogen (secondary N) is 1. The van der Waals surface area contributed by atoms with Crippen LogP contribution >= 0.6 is 0 Å². The number of piperidine rings is 1. The van der Waals surface area contributed by atoms with Gasteiger partial charge in [0.05, 0.1) is 12.1 Å². The van der Waals surface area contributed by atoms with E-state index in [1.807, 2.05) is 6.92 Å². The summed E-state index contributed by atoms with van der Waals surface area (Å²) in [6.45, 7) is 17.7. The number of likely N-dealkylation sites (tertiary alicyclic amines) is 1. The first-order chi connectivity index (χ1) is 11.2. The Morgan fingerprint density at radius 3 is 2.50 bits per heavy atom. The lowest BCUT2D eigenvalue weighted by Gasteiger charge is -2.34. The average Bonchev–Trinajstić information content (AvgIpc) is 2.97. The Morgan fingerprint density at radius 1 is 1.38 bits per heavy atom. The smallest absolute Gasteiger partial charge is 0.287 e. The highest BCUT2D eigenvalue weighted by molar-refractivity contribution is 6.37. The molecular formula is C19H31N3O2. The molecule has 1 heterocycles. The number of amides is 1. The van der Waals surface area contributed by atoms with Gasteiger partial charge in [0.1, 0.15) is 0 Å². The van der Waals surface area contributed by atoms with Crippen LogP contribution in [0.3, 0.4) is 0 Å². The summed E-state index contributed by atoms with van der Waals surface area (Å²) in [5, 5.41) is 3.24. The number of ketones is 1. The van der Waals surface area contributed by atoms with Gasteiger partial charge in [-0.1, -0.05) is 40.3 Å². The minimum Gasteiger partial charge on any atom is -0.377 e. The van der Waals surface area contributed by atoms with Gasteiger partial charge in [-0.05, 0) is 37.0 Å². The molecule has 5 heteroatoms. The van der Waals surface area contributed by atoms with Crippen LogP contribution in [-0.4, -0.2) is 35.2 Å². The predicted octanol–water partition coefficient (Wildman–Crippen LogP) is 2.05. The lowest BCUT2D eigenvalue weighted by atomic mass is 9.95. The van der Waals surface area contributed by atoms with Crippen molar-refractivity contribution in [3.8, 4) is 0 Å². The highest BCUT2D eigenvalue weighted by Gasteiger charge is 2.59. The number of Topliss-reactive ketones (excluding diaryl/α,β-unsaturated/α-hetero) is 1. The maximum absolute atomic E-state index is 12.2. The van der Waals surface area contributed by atoms with E-state index in [0.717, 1.165) is 24.4 Å². The maximum Gasteiger partial charge on any atom is 0.287 e. The van der Waals surface area contributed by atoms with Gasteiger partial charge in [0.15, 0.2) is 0 Å². The van der Waals surface area contributed by atoms with Gasteiger partial charge in [-0.25, -0.2) is 0 Å². The van der Waals surface area contributed by atoms with Gasteiger partial charge in [0.2, 0.25) is 5.78 Å². The third-order valence-electron chi connectivity index (χ3n) is 5.85. The van der Waals surface area contributed by atoms with Crippen LogP contribution in [0.2, 0.25) is 0 Å². The summed E-state index contributed by atoms with van der Waals surface area (Å²) >= 11 is 0. The predicted molar refractivity (Wildman–Crippen MR) is 95.8 cm³/mol. The lowest BCUT2D eigenvalue weighted by Crippen LogP contribution is -2.48. The Kier molecular flexibility index (Phi) is 5.41. The second-order valence-corrected chi connectivity index (χ2v) is 7.63. The molecule has 0 spiro atoms. The summed E-state index contributed by atoms with van der Waals surface area (Å²) in [7, 11) is 0. The van der Waals surface area contributed by atoms with Crippen LogP contribution in [0.1, 0.15) is 40.5 Å². The minimum absolute atomic E-state index is 0.141.